The maximum absolute atomic E-state index is 10.9. The molecule has 0 saturated carbocycles. The summed E-state index contributed by atoms with van der Waals surface area (Å²) < 4.78 is 10.8. The van der Waals surface area contributed by atoms with Crippen LogP contribution in [0.1, 0.15) is 48.5 Å². The summed E-state index contributed by atoms with van der Waals surface area (Å²) in [6.07, 6.45) is -0.478. The Kier molecular flexibility index (Phi) is 4.78. The topological polar surface area (TPSA) is 35.5 Å². The summed E-state index contributed by atoms with van der Waals surface area (Å²) in [5, 5.41) is 0. The van der Waals surface area contributed by atoms with E-state index in [1.807, 2.05) is 20.8 Å². The lowest BCUT2D eigenvalue weighted by Crippen LogP contribution is -2.36. The summed E-state index contributed by atoms with van der Waals surface area (Å²) in [4.78, 5) is 10.9. The highest BCUT2D eigenvalue weighted by Crippen LogP contribution is 2.25. The standard InChI is InChI=1S/C12H24O3/c1-9(13)15-10(12(5,6)7)14-8-11(2,3)4/h10H,8H2,1-7H3. The van der Waals surface area contributed by atoms with E-state index in [-0.39, 0.29) is 16.8 Å². The minimum atomic E-state index is -0.478. The minimum Gasteiger partial charge on any atom is -0.435 e. The van der Waals surface area contributed by atoms with Crippen LogP contribution in [0.5, 0.6) is 0 Å². The van der Waals surface area contributed by atoms with E-state index in [4.69, 9.17) is 9.47 Å². The van der Waals surface area contributed by atoms with Gasteiger partial charge in [-0.3, -0.25) is 4.79 Å². The van der Waals surface area contributed by atoms with Crippen LogP contribution in [-0.2, 0) is 14.3 Å². The Morgan fingerprint density at radius 1 is 1.13 bits per heavy atom. The summed E-state index contributed by atoms with van der Waals surface area (Å²) in [6.45, 7) is 14.2. The van der Waals surface area contributed by atoms with Gasteiger partial charge >= 0.3 is 5.97 Å². The lowest BCUT2D eigenvalue weighted by Gasteiger charge is -2.32. The molecule has 0 aliphatic heterocycles. The van der Waals surface area contributed by atoms with Crippen LogP contribution >= 0.6 is 0 Å². The molecule has 0 radical (unpaired) electrons. The number of ether oxygens (including phenoxy) is 2. The van der Waals surface area contributed by atoms with Crippen LogP contribution in [0, 0.1) is 10.8 Å². The molecule has 0 spiro atoms. The highest BCUT2D eigenvalue weighted by Gasteiger charge is 2.29. The van der Waals surface area contributed by atoms with Crippen molar-refractivity contribution in [1.29, 1.82) is 0 Å². The van der Waals surface area contributed by atoms with Gasteiger partial charge in [0.05, 0.1) is 6.61 Å². The summed E-state index contributed by atoms with van der Waals surface area (Å²) in [6, 6.07) is 0. The van der Waals surface area contributed by atoms with Gasteiger partial charge in [0, 0.05) is 12.3 Å². The van der Waals surface area contributed by atoms with Crippen molar-refractivity contribution >= 4 is 5.97 Å². The Labute approximate surface area is 93.1 Å². The van der Waals surface area contributed by atoms with Crippen molar-refractivity contribution in [2.45, 2.75) is 54.8 Å². The normalized spacial score (nSPS) is 14.9. The lowest BCUT2D eigenvalue weighted by molar-refractivity contribution is -0.208. The second-order valence-electron chi connectivity index (χ2n) is 6.18. The quantitative estimate of drug-likeness (QED) is 0.537. The molecular weight excluding hydrogens is 192 g/mol. The molecule has 0 aliphatic carbocycles. The zero-order valence-corrected chi connectivity index (χ0v) is 11.0. The lowest BCUT2D eigenvalue weighted by atomic mass is 9.95. The van der Waals surface area contributed by atoms with Crippen molar-refractivity contribution in [2.24, 2.45) is 10.8 Å². The average Bonchev–Trinajstić information content (AvgIpc) is 1.93. The third kappa shape index (κ3) is 7.37. The van der Waals surface area contributed by atoms with Crippen molar-refractivity contribution in [1.82, 2.24) is 0 Å². The van der Waals surface area contributed by atoms with Crippen molar-refractivity contribution in [3.05, 3.63) is 0 Å². The van der Waals surface area contributed by atoms with Gasteiger partial charge in [-0.2, -0.15) is 0 Å². The Bertz CT molecular complexity index is 208. The maximum atomic E-state index is 10.9. The largest absolute Gasteiger partial charge is 0.435 e. The number of esters is 1. The molecule has 0 N–H and O–H groups in total. The third-order valence-corrected chi connectivity index (χ3v) is 1.65. The molecule has 0 bridgehead atoms. The molecule has 15 heavy (non-hydrogen) atoms. The van der Waals surface area contributed by atoms with Crippen molar-refractivity contribution in [3.63, 3.8) is 0 Å². The Balaban J connectivity index is 4.33. The van der Waals surface area contributed by atoms with Gasteiger partial charge in [-0.15, -0.1) is 0 Å². The first-order chi connectivity index (χ1) is 6.52. The predicted molar refractivity (Wildman–Crippen MR) is 60.4 cm³/mol. The molecule has 0 aromatic heterocycles. The second kappa shape index (κ2) is 4.97. The van der Waals surface area contributed by atoms with E-state index < -0.39 is 6.29 Å². The molecule has 0 amide bonds. The van der Waals surface area contributed by atoms with Crippen LogP contribution < -0.4 is 0 Å². The van der Waals surface area contributed by atoms with Crippen LogP contribution in [0.4, 0.5) is 0 Å². The van der Waals surface area contributed by atoms with Gasteiger partial charge in [0.2, 0.25) is 6.29 Å². The molecule has 0 aliphatic rings. The van der Waals surface area contributed by atoms with Gasteiger partial charge in [-0.25, -0.2) is 0 Å². The van der Waals surface area contributed by atoms with E-state index in [1.54, 1.807) is 0 Å². The minimum absolute atomic E-state index is 0.0731. The molecule has 0 rings (SSSR count). The Morgan fingerprint density at radius 2 is 1.60 bits per heavy atom. The first-order valence-corrected chi connectivity index (χ1v) is 5.31. The molecule has 0 aromatic carbocycles. The monoisotopic (exact) mass is 216 g/mol. The molecule has 3 nitrogen and oxygen atoms in total. The number of rotatable bonds is 3. The number of carbonyl (C=O) groups is 1. The first kappa shape index (κ1) is 14.4. The van der Waals surface area contributed by atoms with Crippen molar-refractivity contribution in [3.8, 4) is 0 Å². The summed E-state index contributed by atoms with van der Waals surface area (Å²) in [7, 11) is 0. The zero-order chi connectivity index (χ0) is 12.3. The fourth-order valence-corrected chi connectivity index (χ4v) is 0.937. The molecule has 0 saturated heterocycles. The van der Waals surface area contributed by atoms with Gasteiger partial charge in [0.1, 0.15) is 0 Å². The van der Waals surface area contributed by atoms with E-state index in [1.165, 1.54) is 6.92 Å². The van der Waals surface area contributed by atoms with Gasteiger partial charge in [-0.05, 0) is 5.41 Å². The molecule has 1 atom stereocenters. The third-order valence-electron chi connectivity index (χ3n) is 1.65. The molecule has 3 heteroatoms. The smallest absolute Gasteiger partial charge is 0.304 e. The number of carbonyl (C=O) groups excluding carboxylic acids is 1. The molecule has 0 heterocycles. The SMILES string of the molecule is CC(=O)OC(OCC(C)(C)C)C(C)(C)C. The zero-order valence-electron chi connectivity index (χ0n) is 11.0. The fourth-order valence-electron chi connectivity index (χ4n) is 0.937. The fraction of sp³-hybridized carbons (Fsp3) is 0.917. The van der Waals surface area contributed by atoms with Crippen LogP contribution in [0.3, 0.4) is 0 Å². The van der Waals surface area contributed by atoms with Gasteiger partial charge in [0.25, 0.3) is 0 Å². The highest BCUT2D eigenvalue weighted by atomic mass is 16.7. The summed E-state index contributed by atoms with van der Waals surface area (Å²) in [5.74, 6) is -0.302. The van der Waals surface area contributed by atoms with Gasteiger partial charge in [-0.1, -0.05) is 41.5 Å². The summed E-state index contributed by atoms with van der Waals surface area (Å²) in [5.41, 5.74) is -0.124. The van der Waals surface area contributed by atoms with E-state index in [0.717, 1.165) is 0 Å². The predicted octanol–water partition coefficient (Wildman–Crippen LogP) is 2.98. The van der Waals surface area contributed by atoms with E-state index in [0.29, 0.717) is 6.61 Å². The Hall–Kier alpha value is -0.570. The van der Waals surface area contributed by atoms with Gasteiger partial charge < -0.3 is 9.47 Å². The second-order valence-corrected chi connectivity index (χ2v) is 6.18. The van der Waals surface area contributed by atoms with Crippen LogP contribution in [0.2, 0.25) is 0 Å². The van der Waals surface area contributed by atoms with E-state index in [9.17, 15) is 4.79 Å². The van der Waals surface area contributed by atoms with Gasteiger partial charge in [0.15, 0.2) is 0 Å². The van der Waals surface area contributed by atoms with E-state index >= 15 is 0 Å². The maximum Gasteiger partial charge on any atom is 0.304 e. The molecule has 0 fully saturated rings. The van der Waals surface area contributed by atoms with Crippen LogP contribution in [0.15, 0.2) is 0 Å². The van der Waals surface area contributed by atoms with Crippen molar-refractivity contribution in [2.75, 3.05) is 6.61 Å². The number of hydrogen-bond acceptors (Lipinski definition) is 3. The van der Waals surface area contributed by atoms with Crippen LogP contribution in [0.25, 0.3) is 0 Å². The highest BCUT2D eigenvalue weighted by molar-refractivity contribution is 5.66. The number of hydrogen-bond donors (Lipinski definition) is 0. The average molecular weight is 216 g/mol. The Morgan fingerprint density at radius 3 is 1.87 bits per heavy atom. The molecule has 90 valence electrons. The first-order valence-electron chi connectivity index (χ1n) is 5.31. The molecular formula is C12H24O3. The molecule has 0 aromatic rings. The van der Waals surface area contributed by atoms with Crippen LogP contribution in [-0.4, -0.2) is 18.9 Å². The molecule has 1 unspecified atom stereocenters. The van der Waals surface area contributed by atoms with E-state index in [2.05, 4.69) is 20.8 Å². The summed E-state index contributed by atoms with van der Waals surface area (Å²) >= 11 is 0. The van der Waals surface area contributed by atoms with Crippen molar-refractivity contribution < 1.29 is 14.3 Å².